The van der Waals surface area contributed by atoms with Gasteiger partial charge in [-0.15, -0.1) is 0 Å². The maximum absolute atomic E-state index is 12.2. The summed E-state index contributed by atoms with van der Waals surface area (Å²) in [6.07, 6.45) is 2.99. The van der Waals surface area contributed by atoms with Crippen molar-refractivity contribution in [2.24, 2.45) is 5.92 Å². The number of hydrogen-bond donors (Lipinski definition) is 3. The molecule has 1 fully saturated rings. The highest BCUT2D eigenvalue weighted by atomic mass is 35.5. The topological polar surface area (TPSA) is 92.4 Å². The Morgan fingerprint density at radius 2 is 1.76 bits per heavy atom. The van der Waals surface area contributed by atoms with Gasteiger partial charge in [-0.05, 0) is 25.0 Å². The largest absolute Gasteiger partial charge is 0.481 e. The van der Waals surface area contributed by atoms with Crippen molar-refractivity contribution in [2.75, 3.05) is 5.73 Å². The molecule has 2 rings (SSSR count). The molecule has 114 valence electrons. The van der Waals surface area contributed by atoms with E-state index in [2.05, 4.69) is 5.32 Å². The summed E-state index contributed by atoms with van der Waals surface area (Å²) in [4.78, 5) is 23.5. The van der Waals surface area contributed by atoms with Crippen LogP contribution in [0.25, 0.3) is 0 Å². The molecule has 0 heterocycles. The van der Waals surface area contributed by atoms with Crippen LogP contribution < -0.4 is 11.1 Å². The zero-order valence-corrected chi connectivity index (χ0v) is 12.7. The lowest BCUT2D eigenvalue weighted by Crippen LogP contribution is -2.45. The summed E-state index contributed by atoms with van der Waals surface area (Å²) in [5, 5.41) is 12.4. The number of anilines is 1. The number of rotatable bonds is 3. The molecule has 0 saturated heterocycles. The number of nitrogens with two attached hydrogens (primary N) is 1. The second-order valence-electron chi connectivity index (χ2n) is 5.16. The van der Waals surface area contributed by atoms with Crippen molar-refractivity contribution in [2.45, 2.75) is 31.7 Å². The molecule has 0 aromatic heterocycles. The van der Waals surface area contributed by atoms with Gasteiger partial charge in [0.05, 0.1) is 21.7 Å². The summed E-state index contributed by atoms with van der Waals surface area (Å²) in [6, 6.07) is 2.48. The van der Waals surface area contributed by atoms with Gasteiger partial charge in [0.15, 0.2) is 0 Å². The first kappa shape index (κ1) is 15.9. The number of halogens is 2. The highest BCUT2D eigenvalue weighted by molar-refractivity contribution is 6.39. The third-order valence-corrected chi connectivity index (χ3v) is 4.37. The van der Waals surface area contributed by atoms with Crippen molar-refractivity contribution >= 4 is 40.8 Å². The SMILES string of the molecule is Nc1c(Cl)cc(C(=O)NC2CCCCC2C(=O)O)cc1Cl. The molecule has 1 aromatic rings. The van der Waals surface area contributed by atoms with Crippen LogP contribution in [0.5, 0.6) is 0 Å². The maximum atomic E-state index is 12.2. The third-order valence-electron chi connectivity index (χ3n) is 3.74. The van der Waals surface area contributed by atoms with Crippen LogP contribution in [0, 0.1) is 5.92 Å². The minimum Gasteiger partial charge on any atom is -0.481 e. The van der Waals surface area contributed by atoms with Crippen LogP contribution in [0.4, 0.5) is 5.69 Å². The Kier molecular flexibility index (Phi) is 4.96. The molecular weight excluding hydrogens is 315 g/mol. The van der Waals surface area contributed by atoms with Crippen molar-refractivity contribution in [1.82, 2.24) is 5.32 Å². The molecule has 0 spiro atoms. The lowest BCUT2D eigenvalue weighted by Gasteiger charge is -2.29. The van der Waals surface area contributed by atoms with Crippen LogP contribution in [-0.2, 0) is 4.79 Å². The van der Waals surface area contributed by atoms with Crippen LogP contribution in [-0.4, -0.2) is 23.0 Å². The smallest absolute Gasteiger partial charge is 0.308 e. The number of nitrogen functional groups attached to an aromatic ring is 1. The molecule has 4 N–H and O–H groups in total. The number of amides is 1. The molecule has 21 heavy (non-hydrogen) atoms. The van der Waals surface area contributed by atoms with Gasteiger partial charge in [0.25, 0.3) is 5.91 Å². The van der Waals surface area contributed by atoms with Crippen LogP contribution in [0.15, 0.2) is 12.1 Å². The molecule has 0 radical (unpaired) electrons. The number of benzene rings is 1. The lowest BCUT2D eigenvalue weighted by atomic mass is 9.84. The van der Waals surface area contributed by atoms with Crippen LogP contribution in [0.2, 0.25) is 10.0 Å². The average Bonchev–Trinajstić information content (AvgIpc) is 2.44. The van der Waals surface area contributed by atoms with E-state index < -0.39 is 17.8 Å². The minimum atomic E-state index is -0.881. The summed E-state index contributed by atoms with van der Waals surface area (Å²) < 4.78 is 0. The fourth-order valence-corrected chi connectivity index (χ4v) is 3.05. The second kappa shape index (κ2) is 6.54. The fourth-order valence-electron chi connectivity index (χ4n) is 2.57. The van der Waals surface area contributed by atoms with Crippen molar-refractivity contribution in [1.29, 1.82) is 0 Å². The van der Waals surface area contributed by atoms with E-state index in [1.807, 2.05) is 0 Å². The number of nitrogens with one attached hydrogen (secondary N) is 1. The van der Waals surface area contributed by atoms with Crippen LogP contribution in [0.1, 0.15) is 36.0 Å². The summed E-state index contributed by atoms with van der Waals surface area (Å²) in [5.74, 6) is -1.83. The van der Waals surface area contributed by atoms with Gasteiger partial charge in [0.1, 0.15) is 0 Å². The Bertz CT molecular complexity index is 554. The molecule has 1 aliphatic carbocycles. The molecule has 5 nitrogen and oxygen atoms in total. The number of carboxylic acids is 1. The molecule has 1 amide bonds. The molecule has 1 saturated carbocycles. The molecule has 7 heteroatoms. The van der Waals surface area contributed by atoms with Crippen LogP contribution >= 0.6 is 23.2 Å². The monoisotopic (exact) mass is 330 g/mol. The Balaban J connectivity index is 2.15. The molecule has 2 unspecified atom stereocenters. The van der Waals surface area contributed by atoms with Gasteiger partial charge in [-0.2, -0.15) is 0 Å². The van der Waals surface area contributed by atoms with Gasteiger partial charge in [0, 0.05) is 11.6 Å². The average molecular weight is 331 g/mol. The van der Waals surface area contributed by atoms with E-state index in [1.54, 1.807) is 0 Å². The maximum Gasteiger partial charge on any atom is 0.308 e. The standard InChI is InChI=1S/C14H16Cl2N2O3/c15-9-5-7(6-10(16)12(9)17)13(19)18-11-4-2-1-3-8(11)14(20)21/h5-6,8,11H,1-4,17H2,(H,18,19)(H,20,21). The zero-order chi connectivity index (χ0) is 15.6. The van der Waals surface area contributed by atoms with Gasteiger partial charge in [-0.3, -0.25) is 9.59 Å². The van der Waals surface area contributed by atoms with Gasteiger partial charge in [-0.25, -0.2) is 0 Å². The quantitative estimate of drug-likeness (QED) is 0.743. The summed E-state index contributed by atoms with van der Waals surface area (Å²) in [7, 11) is 0. The van der Waals surface area contributed by atoms with E-state index in [0.717, 1.165) is 12.8 Å². The Morgan fingerprint density at radius 3 is 2.33 bits per heavy atom. The predicted molar refractivity (Wildman–Crippen MR) is 81.7 cm³/mol. The first-order chi connectivity index (χ1) is 9.90. The Morgan fingerprint density at radius 1 is 1.19 bits per heavy atom. The first-order valence-corrected chi connectivity index (χ1v) is 7.44. The highest BCUT2D eigenvalue weighted by Crippen LogP contribution is 2.29. The van der Waals surface area contributed by atoms with Crippen molar-refractivity contribution in [3.05, 3.63) is 27.7 Å². The zero-order valence-electron chi connectivity index (χ0n) is 11.2. The van der Waals surface area contributed by atoms with E-state index in [0.29, 0.717) is 12.8 Å². The first-order valence-electron chi connectivity index (χ1n) is 6.68. The number of hydrogen-bond acceptors (Lipinski definition) is 3. The summed E-state index contributed by atoms with van der Waals surface area (Å²) >= 11 is 11.8. The van der Waals surface area contributed by atoms with Crippen molar-refractivity contribution in [3.63, 3.8) is 0 Å². The van der Waals surface area contributed by atoms with Crippen molar-refractivity contribution in [3.8, 4) is 0 Å². The fraction of sp³-hybridized carbons (Fsp3) is 0.429. The normalized spacial score (nSPS) is 21.8. The predicted octanol–water partition coefficient (Wildman–Crippen LogP) is 2.95. The van der Waals surface area contributed by atoms with E-state index in [4.69, 9.17) is 28.9 Å². The van der Waals surface area contributed by atoms with E-state index in [1.165, 1.54) is 12.1 Å². The number of carboxylic acid groups (broad SMARTS) is 1. The van der Waals surface area contributed by atoms with Crippen LogP contribution in [0.3, 0.4) is 0 Å². The number of aliphatic carboxylic acids is 1. The van der Waals surface area contributed by atoms with E-state index >= 15 is 0 Å². The summed E-state index contributed by atoms with van der Waals surface area (Å²) in [5.41, 5.74) is 6.11. The number of carbonyl (C=O) groups excluding carboxylic acids is 1. The van der Waals surface area contributed by atoms with E-state index in [9.17, 15) is 14.7 Å². The minimum absolute atomic E-state index is 0.200. The molecule has 1 aromatic carbocycles. The molecule has 0 aliphatic heterocycles. The van der Waals surface area contributed by atoms with Gasteiger partial charge in [-0.1, -0.05) is 36.0 Å². The second-order valence-corrected chi connectivity index (χ2v) is 5.98. The van der Waals surface area contributed by atoms with Gasteiger partial charge in [0.2, 0.25) is 0 Å². The summed E-state index contributed by atoms with van der Waals surface area (Å²) in [6.45, 7) is 0. The Labute approximate surface area is 132 Å². The van der Waals surface area contributed by atoms with E-state index in [-0.39, 0.29) is 27.3 Å². The third kappa shape index (κ3) is 3.60. The molecular formula is C14H16Cl2N2O3. The number of carbonyl (C=O) groups is 2. The molecule has 0 bridgehead atoms. The molecule has 1 aliphatic rings. The highest BCUT2D eigenvalue weighted by Gasteiger charge is 2.32. The molecule has 2 atom stereocenters. The lowest BCUT2D eigenvalue weighted by molar-refractivity contribution is -0.143. The Hall–Kier alpha value is -1.46. The van der Waals surface area contributed by atoms with Crippen molar-refractivity contribution < 1.29 is 14.7 Å². The van der Waals surface area contributed by atoms with Gasteiger partial charge < -0.3 is 16.2 Å². The van der Waals surface area contributed by atoms with Gasteiger partial charge >= 0.3 is 5.97 Å².